The van der Waals surface area contributed by atoms with E-state index in [0.29, 0.717) is 18.5 Å². The Morgan fingerprint density at radius 3 is 2.09 bits per heavy atom. The molecule has 0 saturated heterocycles. The summed E-state index contributed by atoms with van der Waals surface area (Å²) in [4.78, 5) is 53.2. The van der Waals surface area contributed by atoms with Gasteiger partial charge in [0.25, 0.3) is 11.8 Å². The SMILES string of the molecule is CCOC(=O)NC(=O)c1c(NC(=O)c2ccc(S(=O)(=O)N(C3CCCCC3)C3CCCCC3)cc2)sc2c1CCN(C(C)=O)C2. The molecule has 11 nitrogen and oxygen atoms in total. The monoisotopic (exact) mass is 658 g/mol. The number of carbonyl (C=O) groups is 4. The second kappa shape index (κ2) is 14.4. The van der Waals surface area contributed by atoms with E-state index in [-0.39, 0.29) is 52.2 Å². The van der Waals surface area contributed by atoms with Crippen LogP contribution in [0.5, 0.6) is 0 Å². The molecule has 244 valence electrons. The molecule has 2 aliphatic carbocycles. The van der Waals surface area contributed by atoms with Crippen molar-refractivity contribution in [2.75, 3.05) is 18.5 Å². The first kappa shape index (κ1) is 33.1. The summed E-state index contributed by atoms with van der Waals surface area (Å²) < 4.78 is 34.8. The Morgan fingerprint density at radius 1 is 0.933 bits per heavy atom. The fraction of sp³-hybridized carbons (Fsp3) is 0.562. The van der Waals surface area contributed by atoms with E-state index in [1.54, 1.807) is 16.1 Å². The lowest BCUT2D eigenvalue weighted by molar-refractivity contribution is -0.129. The zero-order valence-corrected chi connectivity index (χ0v) is 27.6. The maximum absolute atomic E-state index is 14.1. The third-order valence-electron chi connectivity index (χ3n) is 9.01. The Labute approximate surface area is 268 Å². The van der Waals surface area contributed by atoms with Gasteiger partial charge in [-0.15, -0.1) is 11.3 Å². The molecule has 0 atom stereocenters. The molecule has 5 rings (SSSR count). The van der Waals surface area contributed by atoms with Crippen LogP contribution >= 0.6 is 11.3 Å². The van der Waals surface area contributed by atoms with E-state index >= 15 is 0 Å². The first-order valence-corrected chi connectivity index (χ1v) is 18.2. The van der Waals surface area contributed by atoms with Crippen molar-refractivity contribution in [2.45, 2.75) is 108 Å². The van der Waals surface area contributed by atoms with Crippen molar-refractivity contribution < 1.29 is 32.3 Å². The van der Waals surface area contributed by atoms with E-state index in [2.05, 4.69) is 10.6 Å². The molecule has 1 aromatic heterocycles. The van der Waals surface area contributed by atoms with Crippen molar-refractivity contribution in [3.05, 3.63) is 45.8 Å². The first-order chi connectivity index (χ1) is 21.6. The van der Waals surface area contributed by atoms with Crippen molar-refractivity contribution in [1.29, 1.82) is 0 Å². The maximum Gasteiger partial charge on any atom is 0.414 e. The van der Waals surface area contributed by atoms with E-state index in [1.165, 1.54) is 42.5 Å². The highest BCUT2D eigenvalue weighted by molar-refractivity contribution is 7.89. The Bertz CT molecular complexity index is 1510. The van der Waals surface area contributed by atoms with Crippen LogP contribution in [0, 0.1) is 0 Å². The minimum atomic E-state index is -3.78. The highest BCUT2D eigenvalue weighted by Crippen LogP contribution is 2.38. The summed E-state index contributed by atoms with van der Waals surface area (Å²) in [6, 6.07) is 5.95. The average molecular weight is 659 g/mol. The van der Waals surface area contributed by atoms with E-state index in [4.69, 9.17) is 4.74 Å². The number of amides is 4. The molecule has 0 bridgehead atoms. The molecule has 2 heterocycles. The normalized spacial score (nSPS) is 17.9. The van der Waals surface area contributed by atoms with Crippen LogP contribution in [0.3, 0.4) is 0 Å². The van der Waals surface area contributed by atoms with Gasteiger partial charge in [-0.2, -0.15) is 4.31 Å². The van der Waals surface area contributed by atoms with E-state index in [1.807, 2.05) is 0 Å². The number of carbonyl (C=O) groups excluding carboxylic acids is 4. The predicted molar refractivity (Wildman–Crippen MR) is 171 cm³/mol. The minimum absolute atomic E-state index is 0.00205. The van der Waals surface area contributed by atoms with Crippen LogP contribution in [0.2, 0.25) is 0 Å². The molecule has 1 aliphatic heterocycles. The number of anilines is 1. The lowest BCUT2D eigenvalue weighted by atomic mass is 9.91. The van der Waals surface area contributed by atoms with Crippen molar-refractivity contribution in [2.24, 2.45) is 0 Å². The van der Waals surface area contributed by atoms with Crippen molar-refractivity contribution in [3.8, 4) is 0 Å². The van der Waals surface area contributed by atoms with Gasteiger partial charge in [0.2, 0.25) is 15.9 Å². The standard InChI is InChI=1S/C32H42N4O7S2/c1-3-43-32(40)34-30(39)28-26-18-19-35(21(2)37)20-27(26)44-31(28)33-29(38)22-14-16-25(17-15-22)45(41,42)36(23-10-6-4-7-11-23)24-12-8-5-9-13-24/h14-17,23-24H,3-13,18-20H2,1-2H3,(H,33,38)(H,34,39,40). The highest BCUT2D eigenvalue weighted by atomic mass is 32.2. The number of imide groups is 1. The molecule has 4 amide bonds. The summed E-state index contributed by atoms with van der Waals surface area (Å²) in [5.74, 6) is -1.33. The highest BCUT2D eigenvalue weighted by Gasteiger charge is 2.38. The lowest BCUT2D eigenvalue weighted by Crippen LogP contribution is -2.48. The summed E-state index contributed by atoms with van der Waals surface area (Å²) in [5.41, 5.74) is 1.06. The molecule has 0 unspecified atom stereocenters. The van der Waals surface area contributed by atoms with E-state index in [0.717, 1.165) is 69.1 Å². The van der Waals surface area contributed by atoms with Crippen LogP contribution in [-0.2, 0) is 32.5 Å². The average Bonchev–Trinajstić information content (AvgIpc) is 3.39. The number of nitrogens with one attached hydrogen (secondary N) is 2. The van der Waals surface area contributed by atoms with E-state index < -0.39 is 27.9 Å². The zero-order valence-electron chi connectivity index (χ0n) is 25.9. The Hall–Kier alpha value is -3.29. The molecule has 13 heteroatoms. The Balaban J connectivity index is 1.38. The number of sulfonamides is 1. The molecule has 45 heavy (non-hydrogen) atoms. The molecule has 2 fully saturated rings. The summed E-state index contributed by atoms with van der Waals surface area (Å²) in [6.07, 6.45) is 9.36. The van der Waals surface area contributed by atoms with Crippen LogP contribution in [0.1, 0.15) is 109 Å². The van der Waals surface area contributed by atoms with Gasteiger partial charge in [0.15, 0.2) is 0 Å². The zero-order chi connectivity index (χ0) is 32.1. The Kier molecular flexibility index (Phi) is 10.6. The second-order valence-corrected chi connectivity index (χ2v) is 14.9. The fourth-order valence-corrected chi connectivity index (χ4v) is 9.95. The van der Waals surface area contributed by atoms with Crippen molar-refractivity contribution in [1.82, 2.24) is 14.5 Å². The number of nitrogens with zero attached hydrogens (tertiary/aromatic N) is 2. The van der Waals surface area contributed by atoms with Crippen LogP contribution in [0.25, 0.3) is 0 Å². The van der Waals surface area contributed by atoms with Gasteiger partial charge in [-0.3, -0.25) is 19.7 Å². The van der Waals surface area contributed by atoms with Gasteiger partial charge in [0.05, 0.1) is 23.6 Å². The van der Waals surface area contributed by atoms with Gasteiger partial charge in [-0.1, -0.05) is 38.5 Å². The number of thiophene rings is 1. The third kappa shape index (κ3) is 7.41. The summed E-state index contributed by atoms with van der Waals surface area (Å²) in [5, 5.41) is 5.26. The number of fused-ring (bicyclic) bond motifs is 1. The molecule has 3 aliphatic rings. The van der Waals surface area contributed by atoms with E-state index in [9.17, 15) is 27.6 Å². The smallest absolute Gasteiger partial charge is 0.414 e. The molecule has 0 spiro atoms. The summed E-state index contributed by atoms with van der Waals surface area (Å²) in [6.45, 7) is 3.88. The topological polar surface area (TPSA) is 142 Å². The van der Waals surface area contributed by atoms with Gasteiger partial charge in [0, 0.05) is 36.0 Å². The van der Waals surface area contributed by atoms with Crippen LogP contribution < -0.4 is 10.6 Å². The third-order valence-corrected chi connectivity index (χ3v) is 12.2. The number of benzene rings is 1. The van der Waals surface area contributed by atoms with Gasteiger partial charge in [-0.25, -0.2) is 13.2 Å². The van der Waals surface area contributed by atoms with Gasteiger partial charge in [0.1, 0.15) is 5.00 Å². The Morgan fingerprint density at radius 2 is 1.53 bits per heavy atom. The number of rotatable bonds is 8. The number of ether oxygens (including phenoxy) is 1. The molecule has 1 aromatic carbocycles. The maximum atomic E-state index is 14.1. The minimum Gasteiger partial charge on any atom is -0.450 e. The van der Waals surface area contributed by atoms with Gasteiger partial charge in [-0.05, 0) is 68.9 Å². The number of alkyl carbamates (subject to hydrolysis) is 1. The van der Waals surface area contributed by atoms with Crippen LogP contribution in [-0.4, -0.2) is 66.7 Å². The molecule has 2 N–H and O–H groups in total. The lowest BCUT2D eigenvalue weighted by Gasteiger charge is -2.40. The van der Waals surface area contributed by atoms with Crippen molar-refractivity contribution >= 4 is 50.2 Å². The van der Waals surface area contributed by atoms with Gasteiger partial charge < -0.3 is 15.0 Å². The summed E-state index contributed by atoms with van der Waals surface area (Å²) >= 11 is 1.18. The first-order valence-electron chi connectivity index (χ1n) is 15.9. The second-order valence-electron chi connectivity index (χ2n) is 12.0. The van der Waals surface area contributed by atoms with Crippen LogP contribution in [0.15, 0.2) is 29.2 Å². The number of hydrogen-bond donors (Lipinski definition) is 2. The number of hydrogen-bond acceptors (Lipinski definition) is 8. The molecular formula is C32H42N4O7S2. The molecule has 2 saturated carbocycles. The molecule has 0 radical (unpaired) electrons. The van der Waals surface area contributed by atoms with Crippen LogP contribution in [0.4, 0.5) is 9.80 Å². The van der Waals surface area contributed by atoms with Crippen molar-refractivity contribution in [3.63, 3.8) is 0 Å². The largest absolute Gasteiger partial charge is 0.450 e. The quantitative estimate of drug-likeness (QED) is 0.384. The summed E-state index contributed by atoms with van der Waals surface area (Å²) in [7, 11) is -3.78. The predicted octanol–water partition coefficient (Wildman–Crippen LogP) is 5.45. The fourth-order valence-electron chi connectivity index (χ4n) is 6.76. The molecule has 2 aromatic rings. The molecular weight excluding hydrogens is 617 g/mol. The van der Waals surface area contributed by atoms with Gasteiger partial charge >= 0.3 is 6.09 Å².